The molecule has 17 heavy (non-hydrogen) atoms. The Bertz CT molecular complexity index is 431. The number of hydrogen-bond donors (Lipinski definition) is 2. The third-order valence-corrected chi connectivity index (χ3v) is 3.20. The van der Waals surface area contributed by atoms with Crippen LogP contribution >= 0.6 is 0 Å². The molecule has 1 aromatic carbocycles. The molecule has 1 aliphatic rings. The van der Waals surface area contributed by atoms with Crippen LogP contribution in [-0.2, 0) is 0 Å². The molecule has 1 fully saturated rings. The fraction of sp³-hybridized carbons (Fsp3) is 0.462. The molecule has 1 unspecified atom stereocenters. The van der Waals surface area contributed by atoms with E-state index in [0.717, 1.165) is 30.6 Å². The van der Waals surface area contributed by atoms with Gasteiger partial charge < -0.3 is 15.1 Å². The van der Waals surface area contributed by atoms with Gasteiger partial charge in [-0.05, 0) is 43.5 Å². The second kappa shape index (κ2) is 4.75. The number of nitrogens with zero attached hydrogens (tertiary/aromatic N) is 1. The largest absolute Gasteiger partial charge is 0.478 e. The van der Waals surface area contributed by atoms with Crippen LogP contribution in [-0.4, -0.2) is 35.4 Å². The van der Waals surface area contributed by atoms with Crippen molar-refractivity contribution in [3.8, 4) is 0 Å². The highest BCUT2D eigenvalue weighted by Gasteiger charge is 2.18. The number of hydrogen-bond acceptors (Lipinski definition) is 3. The topological polar surface area (TPSA) is 60.8 Å². The summed E-state index contributed by atoms with van der Waals surface area (Å²) in [6.07, 6.45) is 1.55. The van der Waals surface area contributed by atoms with Crippen LogP contribution in [0.5, 0.6) is 0 Å². The molecule has 1 aliphatic heterocycles. The molecule has 1 atom stereocenters. The van der Waals surface area contributed by atoms with Crippen molar-refractivity contribution in [1.29, 1.82) is 0 Å². The van der Waals surface area contributed by atoms with Crippen LogP contribution in [0.3, 0.4) is 0 Å². The van der Waals surface area contributed by atoms with Crippen molar-refractivity contribution in [3.05, 3.63) is 29.3 Å². The van der Waals surface area contributed by atoms with Crippen LogP contribution in [0.15, 0.2) is 18.2 Å². The van der Waals surface area contributed by atoms with Crippen LogP contribution in [0.25, 0.3) is 0 Å². The molecule has 0 saturated carbocycles. The predicted molar refractivity (Wildman–Crippen MR) is 65.6 cm³/mol. The number of piperidine rings is 1. The normalized spacial score (nSPS) is 20.4. The maximum absolute atomic E-state index is 10.9. The summed E-state index contributed by atoms with van der Waals surface area (Å²) in [5.74, 6) is -0.896. The zero-order chi connectivity index (χ0) is 12.4. The van der Waals surface area contributed by atoms with Gasteiger partial charge in [0.15, 0.2) is 0 Å². The Balaban J connectivity index is 2.22. The van der Waals surface area contributed by atoms with E-state index in [4.69, 9.17) is 5.11 Å². The molecule has 0 aromatic heterocycles. The van der Waals surface area contributed by atoms with Crippen molar-refractivity contribution in [2.45, 2.75) is 25.9 Å². The molecule has 4 heteroatoms. The van der Waals surface area contributed by atoms with Gasteiger partial charge in [0.2, 0.25) is 0 Å². The second-order valence-electron chi connectivity index (χ2n) is 4.55. The van der Waals surface area contributed by atoms with Gasteiger partial charge in [0.05, 0.1) is 11.7 Å². The van der Waals surface area contributed by atoms with Gasteiger partial charge in [0, 0.05) is 18.8 Å². The molecule has 0 amide bonds. The van der Waals surface area contributed by atoms with Crippen molar-refractivity contribution in [3.63, 3.8) is 0 Å². The molecule has 1 heterocycles. The number of anilines is 1. The van der Waals surface area contributed by atoms with Crippen LogP contribution < -0.4 is 4.90 Å². The van der Waals surface area contributed by atoms with E-state index in [1.807, 2.05) is 12.1 Å². The molecule has 1 aromatic rings. The molecule has 2 rings (SSSR count). The van der Waals surface area contributed by atoms with Gasteiger partial charge in [0.25, 0.3) is 0 Å². The number of carbonyl (C=O) groups is 1. The summed E-state index contributed by atoms with van der Waals surface area (Å²) in [7, 11) is 0. The van der Waals surface area contributed by atoms with Gasteiger partial charge in [-0.1, -0.05) is 0 Å². The molecule has 0 bridgehead atoms. The van der Waals surface area contributed by atoms with E-state index >= 15 is 0 Å². The highest BCUT2D eigenvalue weighted by molar-refractivity contribution is 5.89. The molecule has 2 N–H and O–H groups in total. The molecular weight excluding hydrogens is 218 g/mol. The van der Waals surface area contributed by atoms with Crippen LogP contribution in [0.2, 0.25) is 0 Å². The van der Waals surface area contributed by atoms with Gasteiger partial charge in [-0.25, -0.2) is 4.79 Å². The average molecular weight is 235 g/mol. The fourth-order valence-electron chi connectivity index (χ4n) is 2.27. The van der Waals surface area contributed by atoms with Crippen molar-refractivity contribution >= 4 is 11.7 Å². The quantitative estimate of drug-likeness (QED) is 0.818. The first-order valence-corrected chi connectivity index (χ1v) is 5.85. The van der Waals surface area contributed by atoms with E-state index < -0.39 is 5.97 Å². The molecule has 0 radical (unpaired) electrons. The third kappa shape index (κ3) is 2.58. The number of aromatic carboxylic acids is 1. The van der Waals surface area contributed by atoms with E-state index in [-0.39, 0.29) is 6.10 Å². The van der Waals surface area contributed by atoms with E-state index in [9.17, 15) is 9.90 Å². The van der Waals surface area contributed by atoms with Crippen molar-refractivity contribution in [1.82, 2.24) is 0 Å². The summed E-state index contributed by atoms with van der Waals surface area (Å²) in [5.41, 5.74) is 2.09. The Morgan fingerprint density at radius 3 is 2.82 bits per heavy atom. The number of benzene rings is 1. The molecule has 92 valence electrons. The summed E-state index contributed by atoms with van der Waals surface area (Å²) in [5, 5.41) is 18.6. The monoisotopic (exact) mass is 235 g/mol. The molecule has 0 spiro atoms. The van der Waals surface area contributed by atoms with Crippen LogP contribution in [0.1, 0.15) is 28.8 Å². The number of aryl methyl sites for hydroxylation is 1. The van der Waals surface area contributed by atoms with Crippen LogP contribution in [0, 0.1) is 6.92 Å². The molecule has 4 nitrogen and oxygen atoms in total. The minimum absolute atomic E-state index is 0.275. The van der Waals surface area contributed by atoms with Gasteiger partial charge in [0.1, 0.15) is 0 Å². The Kier molecular flexibility index (Phi) is 3.33. The third-order valence-electron chi connectivity index (χ3n) is 3.20. The minimum Gasteiger partial charge on any atom is -0.478 e. The summed E-state index contributed by atoms with van der Waals surface area (Å²) < 4.78 is 0. The number of carboxylic acid groups (broad SMARTS) is 1. The zero-order valence-corrected chi connectivity index (χ0v) is 9.89. The van der Waals surface area contributed by atoms with Gasteiger partial charge in [-0.2, -0.15) is 0 Å². The average Bonchev–Trinajstić information content (AvgIpc) is 2.28. The first kappa shape index (κ1) is 11.9. The highest BCUT2D eigenvalue weighted by Crippen LogP contribution is 2.22. The summed E-state index contributed by atoms with van der Waals surface area (Å²) in [4.78, 5) is 13.0. The van der Waals surface area contributed by atoms with Crippen LogP contribution in [0.4, 0.5) is 5.69 Å². The summed E-state index contributed by atoms with van der Waals surface area (Å²) in [6, 6.07) is 5.32. The number of rotatable bonds is 2. The Morgan fingerprint density at radius 2 is 2.24 bits per heavy atom. The predicted octanol–water partition coefficient (Wildman–Crippen LogP) is 1.65. The maximum atomic E-state index is 10.9. The second-order valence-corrected chi connectivity index (χ2v) is 4.55. The smallest absolute Gasteiger partial charge is 0.335 e. The van der Waals surface area contributed by atoms with Gasteiger partial charge >= 0.3 is 5.97 Å². The van der Waals surface area contributed by atoms with E-state index in [1.165, 1.54) is 0 Å². The SMILES string of the molecule is Cc1cc(N2CCCC(O)C2)ccc1C(=O)O. The molecular formula is C13H17NO3. The Labute approximate surface area is 100 Å². The number of carboxylic acids is 1. The number of aliphatic hydroxyl groups is 1. The lowest BCUT2D eigenvalue weighted by molar-refractivity contribution is 0.0696. The lowest BCUT2D eigenvalue weighted by Crippen LogP contribution is -2.38. The standard InChI is InChI=1S/C13H17NO3/c1-9-7-10(4-5-12(9)13(16)17)14-6-2-3-11(15)8-14/h4-5,7,11,15H,2-3,6,8H2,1H3,(H,16,17). The summed E-state index contributed by atoms with van der Waals surface area (Å²) in [6.45, 7) is 3.35. The minimum atomic E-state index is -0.896. The van der Waals surface area contributed by atoms with E-state index in [0.29, 0.717) is 12.1 Å². The van der Waals surface area contributed by atoms with Gasteiger partial charge in [-0.15, -0.1) is 0 Å². The first-order valence-electron chi connectivity index (χ1n) is 5.85. The van der Waals surface area contributed by atoms with Crippen molar-refractivity contribution in [2.24, 2.45) is 0 Å². The first-order chi connectivity index (χ1) is 8.08. The summed E-state index contributed by atoms with van der Waals surface area (Å²) >= 11 is 0. The Hall–Kier alpha value is -1.55. The van der Waals surface area contributed by atoms with Crippen molar-refractivity contribution < 1.29 is 15.0 Å². The van der Waals surface area contributed by atoms with Gasteiger partial charge in [-0.3, -0.25) is 0 Å². The molecule has 1 saturated heterocycles. The fourth-order valence-corrected chi connectivity index (χ4v) is 2.27. The highest BCUT2D eigenvalue weighted by atomic mass is 16.4. The lowest BCUT2D eigenvalue weighted by Gasteiger charge is -2.32. The number of aliphatic hydroxyl groups excluding tert-OH is 1. The zero-order valence-electron chi connectivity index (χ0n) is 9.89. The lowest BCUT2D eigenvalue weighted by atomic mass is 10.0. The Morgan fingerprint density at radius 1 is 1.47 bits per heavy atom. The number of β-amino-alcohol motifs (C(OH)–C–C–N with tert-alkyl or cyclic N) is 1. The van der Waals surface area contributed by atoms with E-state index in [1.54, 1.807) is 13.0 Å². The van der Waals surface area contributed by atoms with Crippen molar-refractivity contribution in [2.75, 3.05) is 18.0 Å². The van der Waals surface area contributed by atoms with E-state index in [2.05, 4.69) is 4.90 Å². The molecule has 0 aliphatic carbocycles. The maximum Gasteiger partial charge on any atom is 0.335 e.